The molecule has 0 spiro atoms. The van der Waals surface area contributed by atoms with E-state index in [0.29, 0.717) is 0 Å². The normalized spacial score (nSPS) is 12.6. The van der Waals surface area contributed by atoms with Gasteiger partial charge in [0.25, 0.3) is 0 Å². The molecule has 0 saturated heterocycles. The highest BCUT2D eigenvalue weighted by Gasteiger charge is 2.16. The van der Waals surface area contributed by atoms with Gasteiger partial charge in [-0.05, 0) is 32.0 Å². The lowest BCUT2D eigenvalue weighted by Gasteiger charge is -2.17. The van der Waals surface area contributed by atoms with Crippen LogP contribution in [0.3, 0.4) is 0 Å². The first-order valence-corrected chi connectivity index (χ1v) is 6.55. The molecule has 1 heterocycles. The van der Waals surface area contributed by atoms with Crippen molar-refractivity contribution < 1.29 is 0 Å². The van der Waals surface area contributed by atoms with E-state index in [1.807, 2.05) is 37.6 Å². The lowest BCUT2D eigenvalue weighted by molar-refractivity contribution is 0.523. The van der Waals surface area contributed by atoms with Crippen molar-refractivity contribution in [1.29, 1.82) is 0 Å². The fraction of sp³-hybridized carbons (Fsp3) is 0.357. The fourth-order valence-corrected chi connectivity index (χ4v) is 2.32. The summed E-state index contributed by atoms with van der Waals surface area (Å²) in [5, 5.41) is 4.13. The van der Waals surface area contributed by atoms with Gasteiger partial charge in [-0.3, -0.25) is 0 Å². The van der Waals surface area contributed by atoms with E-state index in [2.05, 4.69) is 27.9 Å². The Bertz CT molecular complexity index is 507. The van der Waals surface area contributed by atoms with E-state index in [4.69, 9.17) is 11.6 Å². The Morgan fingerprint density at radius 2 is 2.17 bits per heavy atom. The zero-order chi connectivity index (χ0) is 13.0. The van der Waals surface area contributed by atoms with Gasteiger partial charge < -0.3 is 9.88 Å². The molecule has 3 nitrogen and oxygen atoms in total. The van der Waals surface area contributed by atoms with Crippen molar-refractivity contribution in [2.45, 2.75) is 25.9 Å². The summed E-state index contributed by atoms with van der Waals surface area (Å²) in [6.07, 6.45) is 4.69. The number of likely N-dealkylation sites (N-methyl/N-ethyl adjacent to an activating group) is 1. The second-order valence-electron chi connectivity index (χ2n) is 4.21. The number of nitrogens with zero attached hydrogens (tertiary/aromatic N) is 2. The van der Waals surface area contributed by atoms with Gasteiger partial charge in [-0.1, -0.05) is 29.8 Å². The molecule has 1 aromatic heterocycles. The summed E-state index contributed by atoms with van der Waals surface area (Å²) in [6.45, 7) is 3.05. The maximum atomic E-state index is 6.21. The number of nitrogens with one attached hydrogen (secondary N) is 1. The van der Waals surface area contributed by atoms with E-state index in [1.165, 1.54) is 0 Å². The van der Waals surface area contributed by atoms with Crippen LogP contribution in [-0.2, 0) is 13.0 Å². The standard InChI is InChI=1S/C14H18ClN3/c1-3-18-9-8-17-14(18)13(16-2)10-11-6-4-5-7-12(11)15/h4-9,13,16H,3,10H2,1-2H3. The van der Waals surface area contributed by atoms with Crippen LogP contribution in [0.25, 0.3) is 0 Å². The molecule has 1 aromatic carbocycles. The van der Waals surface area contributed by atoms with Gasteiger partial charge >= 0.3 is 0 Å². The Morgan fingerprint density at radius 1 is 1.39 bits per heavy atom. The van der Waals surface area contributed by atoms with Gasteiger partial charge in [0.05, 0.1) is 6.04 Å². The summed E-state index contributed by atoms with van der Waals surface area (Å²) in [4.78, 5) is 4.44. The average molecular weight is 264 g/mol. The summed E-state index contributed by atoms with van der Waals surface area (Å²) >= 11 is 6.21. The number of halogens is 1. The van der Waals surface area contributed by atoms with Crippen LogP contribution in [0.2, 0.25) is 5.02 Å². The summed E-state index contributed by atoms with van der Waals surface area (Å²) < 4.78 is 2.15. The highest BCUT2D eigenvalue weighted by atomic mass is 35.5. The zero-order valence-electron chi connectivity index (χ0n) is 10.7. The number of imidazole rings is 1. The zero-order valence-corrected chi connectivity index (χ0v) is 11.5. The third kappa shape index (κ3) is 2.74. The van der Waals surface area contributed by atoms with E-state index in [0.717, 1.165) is 29.4 Å². The summed E-state index contributed by atoms with van der Waals surface area (Å²) in [5.41, 5.74) is 1.14. The molecule has 0 bridgehead atoms. The molecule has 0 aliphatic heterocycles. The van der Waals surface area contributed by atoms with E-state index in [1.54, 1.807) is 0 Å². The van der Waals surface area contributed by atoms with Gasteiger partial charge in [0.2, 0.25) is 0 Å². The minimum Gasteiger partial charge on any atom is -0.334 e. The summed E-state index contributed by atoms with van der Waals surface area (Å²) in [5.74, 6) is 1.06. The second kappa shape index (κ2) is 6.03. The predicted octanol–water partition coefficient (Wildman–Crippen LogP) is 3.06. The molecule has 1 N–H and O–H groups in total. The van der Waals surface area contributed by atoms with E-state index in [-0.39, 0.29) is 6.04 Å². The van der Waals surface area contributed by atoms with Crippen LogP contribution in [0.4, 0.5) is 0 Å². The molecule has 96 valence electrons. The van der Waals surface area contributed by atoms with Gasteiger partial charge in [0, 0.05) is 24.0 Å². The predicted molar refractivity (Wildman–Crippen MR) is 74.9 cm³/mol. The SMILES string of the molecule is CCn1ccnc1C(Cc1ccccc1Cl)NC. The van der Waals surface area contributed by atoms with Crippen LogP contribution in [0.5, 0.6) is 0 Å². The molecular formula is C14H18ClN3. The summed E-state index contributed by atoms with van der Waals surface area (Å²) in [6, 6.07) is 8.13. The van der Waals surface area contributed by atoms with Gasteiger partial charge in [-0.15, -0.1) is 0 Å². The minimum absolute atomic E-state index is 0.180. The first-order chi connectivity index (χ1) is 8.76. The maximum Gasteiger partial charge on any atom is 0.126 e. The fourth-order valence-electron chi connectivity index (χ4n) is 2.10. The van der Waals surface area contributed by atoms with Gasteiger partial charge in [0.15, 0.2) is 0 Å². The average Bonchev–Trinajstić information content (AvgIpc) is 2.86. The molecule has 0 radical (unpaired) electrons. The van der Waals surface area contributed by atoms with E-state index >= 15 is 0 Å². The Hall–Kier alpha value is -1.32. The van der Waals surface area contributed by atoms with Crippen LogP contribution in [0.15, 0.2) is 36.7 Å². The van der Waals surface area contributed by atoms with Crippen molar-refractivity contribution in [3.05, 3.63) is 53.1 Å². The van der Waals surface area contributed by atoms with Crippen molar-refractivity contribution in [1.82, 2.24) is 14.9 Å². The molecule has 1 unspecified atom stereocenters. The molecule has 0 fully saturated rings. The number of aromatic nitrogens is 2. The number of aryl methyl sites for hydroxylation is 1. The molecule has 1 atom stereocenters. The van der Waals surface area contributed by atoms with E-state index in [9.17, 15) is 0 Å². The molecule has 0 amide bonds. The topological polar surface area (TPSA) is 29.9 Å². The molecule has 0 aliphatic rings. The molecule has 2 aromatic rings. The number of hydrogen-bond acceptors (Lipinski definition) is 2. The van der Waals surface area contributed by atoms with Crippen LogP contribution in [0, 0.1) is 0 Å². The number of benzene rings is 1. The van der Waals surface area contributed by atoms with Crippen LogP contribution in [0.1, 0.15) is 24.4 Å². The number of rotatable bonds is 5. The third-order valence-electron chi connectivity index (χ3n) is 3.13. The van der Waals surface area contributed by atoms with Crippen LogP contribution < -0.4 is 5.32 Å². The molecular weight excluding hydrogens is 246 g/mol. The molecule has 0 aliphatic carbocycles. The van der Waals surface area contributed by atoms with Crippen molar-refractivity contribution in [2.24, 2.45) is 0 Å². The van der Waals surface area contributed by atoms with Gasteiger partial charge in [0.1, 0.15) is 5.82 Å². The van der Waals surface area contributed by atoms with Crippen molar-refractivity contribution in [3.63, 3.8) is 0 Å². The minimum atomic E-state index is 0.180. The Morgan fingerprint density at radius 3 is 2.83 bits per heavy atom. The first kappa shape index (κ1) is 13.1. The van der Waals surface area contributed by atoms with Crippen LogP contribution >= 0.6 is 11.6 Å². The lowest BCUT2D eigenvalue weighted by atomic mass is 10.1. The van der Waals surface area contributed by atoms with Gasteiger partial charge in [-0.25, -0.2) is 4.98 Å². The molecule has 2 rings (SSSR count). The first-order valence-electron chi connectivity index (χ1n) is 6.18. The molecule has 0 saturated carbocycles. The largest absolute Gasteiger partial charge is 0.334 e. The Balaban J connectivity index is 2.23. The Kier molecular flexibility index (Phi) is 4.39. The van der Waals surface area contributed by atoms with Crippen molar-refractivity contribution in [2.75, 3.05) is 7.05 Å². The highest BCUT2D eigenvalue weighted by Crippen LogP contribution is 2.22. The number of hydrogen-bond donors (Lipinski definition) is 1. The van der Waals surface area contributed by atoms with Crippen molar-refractivity contribution in [3.8, 4) is 0 Å². The highest BCUT2D eigenvalue weighted by molar-refractivity contribution is 6.31. The Labute approximate surface area is 113 Å². The maximum absolute atomic E-state index is 6.21. The molecule has 18 heavy (non-hydrogen) atoms. The third-order valence-corrected chi connectivity index (χ3v) is 3.50. The van der Waals surface area contributed by atoms with Crippen molar-refractivity contribution >= 4 is 11.6 Å². The molecule has 4 heteroatoms. The smallest absolute Gasteiger partial charge is 0.126 e. The van der Waals surface area contributed by atoms with E-state index < -0.39 is 0 Å². The van der Waals surface area contributed by atoms with Gasteiger partial charge in [-0.2, -0.15) is 0 Å². The van der Waals surface area contributed by atoms with Crippen LogP contribution in [-0.4, -0.2) is 16.6 Å². The lowest BCUT2D eigenvalue weighted by Crippen LogP contribution is -2.23. The summed E-state index contributed by atoms with van der Waals surface area (Å²) in [7, 11) is 1.95. The quantitative estimate of drug-likeness (QED) is 0.899. The second-order valence-corrected chi connectivity index (χ2v) is 4.62. The monoisotopic (exact) mass is 263 g/mol.